The monoisotopic (exact) mass is 159 g/mol. The van der Waals surface area contributed by atoms with E-state index in [4.69, 9.17) is 0 Å². The van der Waals surface area contributed by atoms with Crippen LogP contribution in [0.2, 0.25) is 0 Å². The van der Waals surface area contributed by atoms with Gasteiger partial charge in [0.2, 0.25) is 11.4 Å². The SMILES string of the molecule is CC(=O)NC1SC=C[NH+]1C. The molecule has 1 rings (SSSR count). The highest BCUT2D eigenvalue weighted by atomic mass is 32.2. The summed E-state index contributed by atoms with van der Waals surface area (Å²) in [6.45, 7) is 1.53. The predicted molar refractivity (Wildman–Crippen MR) is 41.2 cm³/mol. The first kappa shape index (κ1) is 7.63. The molecule has 0 aromatic rings. The molecule has 1 aliphatic heterocycles. The van der Waals surface area contributed by atoms with Crippen molar-refractivity contribution in [3.05, 3.63) is 11.6 Å². The predicted octanol–water partition coefficient (Wildman–Crippen LogP) is -0.861. The summed E-state index contributed by atoms with van der Waals surface area (Å²) in [5.41, 5.74) is 0.178. The number of carbonyl (C=O) groups is 1. The zero-order valence-electron chi connectivity index (χ0n) is 6.05. The third-order valence-corrected chi connectivity index (χ3v) is 2.35. The fraction of sp³-hybridized carbons (Fsp3) is 0.500. The Balaban J connectivity index is 2.37. The zero-order chi connectivity index (χ0) is 7.56. The summed E-state index contributed by atoms with van der Waals surface area (Å²) in [4.78, 5) is 11.8. The Morgan fingerprint density at radius 2 is 2.50 bits per heavy atom. The van der Waals surface area contributed by atoms with Crippen molar-refractivity contribution < 1.29 is 9.69 Å². The molecule has 0 bridgehead atoms. The van der Waals surface area contributed by atoms with E-state index in [0.29, 0.717) is 0 Å². The van der Waals surface area contributed by atoms with Crippen LogP contribution in [0.25, 0.3) is 0 Å². The molecule has 10 heavy (non-hydrogen) atoms. The molecule has 2 unspecified atom stereocenters. The highest BCUT2D eigenvalue weighted by Crippen LogP contribution is 2.07. The van der Waals surface area contributed by atoms with Crippen molar-refractivity contribution >= 4 is 17.7 Å². The van der Waals surface area contributed by atoms with Gasteiger partial charge in [-0.2, -0.15) is 0 Å². The molecule has 1 amide bonds. The van der Waals surface area contributed by atoms with Crippen LogP contribution < -0.4 is 10.2 Å². The number of amides is 1. The van der Waals surface area contributed by atoms with Crippen molar-refractivity contribution in [3.8, 4) is 0 Å². The molecule has 4 heteroatoms. The van der Waals surface area contributed by atoms with Gasteiger partial charge in [-0.05, 0) is 11.8 Å². The molecule has 0 fully saturated rings. The molecule has 1 aliphatic rings. The lowest BCUT2D eigenvalue weighted by Crippen LogP contribution is -3.08. The van der Waals surface area contributed by atoms with Crippen LogP contribution in [-0.4, -0.2) is 18.5 Å². The summed E-state index contributed by atoms with van der Waals surface area (Å²) < 4.78 is 0. The van der Waals surface area contributed by atoms with Crippen LogP contribution in [0.3, 0.4) is 0 Å². The van der Waals surface area contributed by atoms with E-state index in [-0.39, 0.29) is 11.4 Å². The van der Waals surface area contributed by atoms with E-state index in [9.17, 15) is 4.79 Å². The van der Waals surface area contributed by atoms with Crippen LogP contribution in [0.1, 0.15) is 6.92 Å². The first-order valence-electron chi connectivity index (χ1n) is 3.12. The maximum absolute atomic E-state index is 10.6. The maximum atomic E-state index is 10.6. The number of hydrogen-bond acceptors (Lipinski definition) is 2. The van der Waals surface area contributed by atoms with Gasteiger partial charge in [-0.25, -0.2) is 0 Å². The molecule has 0 aliphatic carbocycles. The summed E-state index contributed by atoms with van der Waals surface area (Å²) in [6, 6.07) is 0. The first-order chi connectivity index (χ1) is 4.70. The number of carbonyl (C=O) groups excluding carboxylic acids is 1. The Kier molecular flexibility index (Phi) is 2.34. The van der Waals surface area contributed by atoms with E-state index in [1.807, 2.05) is 18.7 Å². The standard InChI is InChI=1S/C6H10N2OS/c1-5(9)7-6-8(2)3-4-10-6/h3-4,6H,1-2H3,(H,7,9)/p+1. The summed E-state index contributed by atoms with van der Waals surface area (Å²) in [6.07, 6.45) is 2.02. The third-order valence-electron chi connectivity index (χ3n) is 1.29. The van der Waals surface area contributed by atoms with Crippen LogP contribution in [0.15, 0.2) is 11.6 Å². The number of quaternary nitrogens is 1. The minimum atomic E-state index is 0.0283. The Bertz CT molecular complexity index is 169. The molecule has 0 saturated heterocycles. The molecular formula is C6H11N2OS+. The summed E-state index contributed by atoms with van der Waals surface area (Å²) >= 11 is 1.63. The van der Waals surface area contributed by atoms with Gasteiger partial charge in [0.1, 0.15) is 6.20 Å². The summed E-state index contributed by atoms with van der Waals surface area (Å²) in [5.74, 6) is 0.0283. The van der Waals surface area contributed by atoms with Gasteiger partial charge in [0.25, 0.3) is 0 Å². The molecule has 56 valence electrons. The minimum Gasteiger partial charge on any atom is -0.297 e. The fourth-order valence-electron chi connectivity index (χ4n) is 0.752. The van der Waals surface area contributed by atoms with Crippen LogP contribution in [0.5, 0.6) is 0 Å². The molecule has 1 heterocycles. The highest BCUT2D eigenvalue weighted by molar-refractivity contribution is 8.02. The van der Waals surface area contributed by atoms with E-state index in [2.05, 4.69) is 5.32 Å². The van der Waals surface area contributed by atoms with Crippen molar-refractivity contribution in [2.75, 3.05) is 7.05 Å². The van der Waals surface area contributed by atoms with Crippen molar-refractivity contribution in [1.82, 2.24) is 5.32 Å². The number of thioether (sulfide) groups is 1. The fourth-order valence-corrected chi connectivity index (χ4v) is 1.73. The smallest absolute Gasteiger partial charge is 0.222 e. The van der Waals surface area contributed by atoms with E-state index in [1.165, 1.54) is 11.8 Å². The quantitative estimate of drug-likeness (QED) is 0.522. The zero-order valence-corrected chi connectivity index (χ0v) is 6.87. The van der Waals surface area contributed by atoms with Gasteiger partial charge in [0.05, 0.1) is 7.05 Å². The van der Waals surface area contributed by atoms with E-state index < -0.39 is 0 Å². The van der Waals surface area contributed by atoms with Crippen molar-refractivity contribution in [1.29, 1.82) is 0 Å². The molecule has 0 saturated carbocycles. The number of nitrogens with one attached hydrogen (secondary N) is 2. The van der Waals surface area contributed by atoms with Crippen molar-refractivity contribution in [2.45, 2.75) is 12.4 Å². The van der Waals surface area contributed by atoms with Crippen LogP contribution in [0.4, 0.5) is 0 Å². The minimum absolute atomic E-state index is 0.0283. The Morgan fingerprint density at radius 3 is 2.90 bits per heavy atom. The Hall–Kier alpha value is -0.480. The van der Waals surface area contributed by atoms with E-state index >= 15 is 0 Å². The van der Waals surface area contributed by atoms with Crippen LogP contribution in [-0.2, 0) is 4.79 Å². The maximum Gasteiger partial charge on any atom is 0.222 e. The number of hydrogen-bond donors (Lipinski definition) is 2. The topological polar surface area (TPSA) is 33.5 Å². The van der Waals surface area contributed by atoms with Gasteiger partial charge in [-0.1, -0.05) is 0 Å². The first-order valence-corrected chi connectivity index (χ1v) is 4.07. The Labute approximate surface area is 64.5 Å². The molecular weight excluding hydrogens is 148 g/mol. The average molecular weight is 159 g/mol. The van der Waals surface area contributed by atoms with Gasteiger partial charge in [0.15, 0.2) is 0 Å². The van der Waals surface area contributed by atoms with E-state index in [0.717, 1.165) is 0 Å². The third kappa shape index (κ3) is 1.75. The number of rotatable bonds is 1. The lowest BCUT2D eigenvalue weighted by atomic mass is 10.7. The van der Waals surface area contributed by atoms with Crippen molar-refractivity contribution in [3.63, 3.8) is 0 Å². The summed E-state index contributed by atoms with van der Waals surface area (Å²) in [7, 11) is 2.01. The van der Waals surface area contributed by atoms with Gasteiger partial charge in [-0.15, -0.1) is 0 Å². The second-order valence-electron chi connectivity index (χ2n) is 2.26. The van der Waals surface area contributed by atoms with E-state index in [1.54, 1.807) is 11.8 Å². The molecule has 2 atom stereocenters. The molecule has 3 nitrogen and oxygen atoms in total. The second-order valence-corrected chi connectivity index (χ2v) is 3.28. The average Bonchev–Trinajstić information content (AvgIpc) is 2.15. The second kappa shape index (κ2) is 3.07. The molecule has 0 aromatic heterocycles. The molecule has 0 radical (unpaired) electrons. The van der Waals surface area contributed by atoms with Gasteiger partial charge >= 0.3 is 0 Å². The van der Waals surface area contributed by atoms with Gasteiger partial charge in [0, 0.05) is 12.3 Å². The lowest BCUT2D eigenvalue weighted by molar-refractivity contribution is -0.835. The normalized spacial score (nSPS) is 30.6. The van der Waals surface area contributed by atoms with Crippen LogP contribution >= 0.6 is 11.8 Å². The highest BCUT2D eigenvalue weighted by Gasteiger charge is 2.21. The Morgan fingerprint density at radius 1 is 1.80 bits per heavy atom. The summed E-state index contributed by atoms with van der Waals surface area (Å²) in [5, 5.41) is 4.81. The lowest BCUT2D eigenvalue weighted by Gasteiger charge is -2.14. The molecule has 0 spiro atoms. The molecule has 2 N–H and O–H groups in total. The molecule has 0 aromatic carbocycles. The van der Waals surface area contributed by atoms with Crippen molar-refractivity contribution in [2.24, 2.45) is 0 Å². The van der Waals surface area contributed by atoms with Gasteiger partial charge in [-0.3, -0.25) is 15.0 Å². The van der Waals surface area contributed by atoms with Gasteiger partial charge < -0.3 is 0 Å². The largest absolute Gasteiger partial charge is 0.297 e. The van der Waals surface area contributed by atoms with Crippen LogP contribution in [0, 0.1) is 0 Å².